The molecule has 17 heavy (non-hydrogen) atoms. The molecule has 0 spiro atoms. The zero-order valence-electron chi connectivity index (χ0n) is 11.6. The SMILES string of the molecule is CCNC(C)C(C)C1CCCC(S(C)(=O)=O)C1. The number of sulfone groups is 1. The van der Waals surface area contributed by atoms with Crippen molar-refractivity contribution < 1.29 is 8.42 Å². The van der Waals surface area contributed by atoms with E-state index in [4.69, 9.17) is 0 Å². The van der Waals surface area contributed by atoms with Crippen LogP contribution in [-0.4, -0.2) is 32.5 Å². The number of nitrogens with one attached hydrogen (secondary N) is 1. The van der Waals surface area contributed by atoms with Gasteiger partial charge in [-0.15, -0.1) is 0 Å². The third-order valence-corrected chi connectivity index (χ3v) is 5.97. The first-order valence-corrected chi connectivity index (χ1v) is 8.74. The number of hydrogen-bond donors (Lipinski definition) is 1. The standard InChI is InChI=1S/C13H27NO2S/c1-5-14-11(3)10(2)12-7-6-8-13(9-12)17(4,15)16/h10-14H,5-9H2,1-4H3. The van der Waals surface area contributed by atoms with Crippen LogP contribution in [0.3, 0.4) is 0 Å². The van der Waals surface area contributed by atoms with Gasteiger partial charge in [0.25, 0.3) is 0 Å². The van der Waals surface area contributed by atoms with Crippen molar-refractivity contribution in [3.63, 3.8) is 0 Å². The van der Waals surface area contributed by atoms with Crippen LogP contribution < -0.4 is 5.32 Å². The highest BCUT2D eigenvalue weighted by Gasteiger charge is 2.32. The molecule has 1 aliphatic carbocycles. The van der Waals surface area contributed by atoms with Gasteiger partial charge < -0.3 is 5.32 Å². The molecule has 0 heterocycles. The van der Waals surface area contributed by atoms with Crippen molar-refractivity contribution in [2.45, 2.75) is 57.7 Å². The summed E-state index contributed by atoms with van der Waals surface area (Å²) in [5.41, 5.74) is 0. The lowest BCUT2D eigenvalue weighted by molar-refractivity contribution is 0.222. The predicted molar refractivity (Wildman–Crippen MR) is 72.9 cm³/mol. The van der Waals surface area contributed by atoms with E-state index < -0.39 is 9.84 Å². The van der Waals surface area contributed by atoms with E-state index in [-0.39, 0.29) is 5.25 Å². The third kappa shape index (κ3) is 4.25. The summed E-state index contributed by atoms with van der Waals surface area (Å²) in [5.74, 6) is 1.11. The highest BCUT2D eigenvalue weighted by atomic mass is 32.2. The van der Waals surface area contributed by atoms with Gasteiger partial charge in [0.15, 0.2) is 0 Å². The predicted octanol–water partition coefficient (Wildman–Crippen LogP) is 2.22. The summed E-state index contributed by atoms with van der Waals surface area (Å²) in [5, 5.41) is 3.35. The van der Waals surface area contributed by atoms with E-state index in [9.17, 15) is 8.42 Å². The van der Waals surface area contributed by atoms with E-state index in [2.05, 4.69) is 26.1 Å². The van der Waals surface area contributed by atoms with Gasteiger partial charge in [0, 0.05) is 12.3 Å². The fourth-order valence-electron chi connectivity index (χ4n) is 2.96. The molecule has 0 aromatic carbocycles. The summed E-state index contributed by atoms with van der Waals surface area (Å²) in [6.07, 6.45) is 5.35. The molecule has 1 aliphatic rings. The minimum atomic E-state index is -2.85. The van der Waals surface area contributed by atoms with E-state index in [1.165, 1.54) is 12.7 Å². The van der Waals surface area contributed by atoms with Crippen molar-refractivity contribution >= 4 is 9.84 Å². The van der Waals surface area contributed by atoms with Gasteiger partial charge >= 0.3 is 0 Å². The average molecular weight is 261 g/mol. The Morgan fingerprint density at radius 3 is 2.47 bits per heavy atom. The van der Waals surface area contributed by atoms with Crippen LogP contribution in [0.4, 0.5) is 0 Å². The second kappa shape index (κ2) is 6.19. The van der Waals surface area contributed by atoms with Crippen molar-refractivity contribution in [3.8, 4) is 0 Å². The Bertz CT molecular complexity index is 326. The summed E-state index contributed by atoms with van der Waals surface area (Å²) in [6.45, 7) is 7.55. The van der Waals surface area contributed by atoms with Gasteiger partial charge in [-0.05, 0) is 38.1 Å². The lowest BCUT2D eigenvalue weighted by Gasteiger charge is -2.35. The van der Waals surface area contributed by atoms with E-state index >= 15 is 0 Å². The molecule has 0 aromatic heterocycles. The zero-order chi connectivity index (χ0) is 13.1. The highest BCUT2D eigenvalue weighted by Crippen LogP contribution is 2.34. The van der Waals surface area contributed by atoms with Gasteiger partial charge in [-0.2, -0.15) is 0 Å². The molecule has 0 amide bonds. The molecule has 4 atom stereocenters. The lowest BCUT2D eigenvalue weighted by atomic mass is 9.78. The maximum Gasteiger partial charge on any atom is 0.150 e. The number of hydrogen-bond acceptors (Lipinski definition) is 3. The first-order chi connectivity index (χ1) is 7.86. The van der Waals surface area contributed by atoms with Crippen LogP contribution in [0, 0.1) is 11.8 Å². The minimum absolute atomic E-state index is 0.0995. The van der Waals surface area contributed by atoms with Crippen LogP contribution in [-0.2, 0) is 9.84 Å². The first-order valence-electron chi connectivity index (χ1n) is 6.78. The van der Waals surface area contributed by atoms with E-state index in [0.717, 1.165) is 25.8 Å². The Hall–Kier alpha value is -0.0900. The van der Waals surface area contributed by atoms with Crippen molar-refractivity contribution in [3.05, 3.63) is 0 Å². The van der Waals surface area contributed by atoms with Crippen molar-refractivity contribution in [2.75, 3.05) is 12.8 Å². The van der Waals surface area contributed by atoms with Gasteiger partial charge in [0.2, 0.25) is 0 Å². The minimum Gasteiger partial charge on any atom is -0.314 e. The van der Waals surface area contributed by atoms with E-state index in [0.29, 0.717) is 17.9 Å². The fraction of sp³-hybridized carbons (Fsp3) is 1.00. The first kappa shape index (κ1) is 15.0. The van der Waals surface area contributed by atoms with Crippen LogP contribution in [0.1, 0.15) is 46.5 Å². The van der Waals surface area contributed by atoms with Gasteiger partial charge in [-0.3, -0.25) is 0 Å². The van der Waals surface area contributed by atoms with Crippen LogP contribution in [0.5, 0.6) is 0 Å². The third-order valence-electron chi connectivity index (χ3n) is 4.33. The molecule has 1 fully saturated rings. The normalized spacial score (nSPS) is 29.9. The van der Waals surface area contributed by atoms with Gasteiger partial charge in [-0.1, -0.05) is 26.7 Å². The van der Waals surface area contributed by atoms with Crippen LogP contribution in [0.2, 0.25) is 0 Å². The lowest BCUT2D eigenvalue weighted by Crippen LogP contribution is -2.39. The molecule has 4 heteroatoms. The largest absolute Gasteiger partial charge is 0.314 e. The molecule has 0 bridgehead atoms. The summed E-state index contributed by atoms with van der Waals surface area (Å²) in [6, 6.07) is 0.475. The van der Waals surface area contributed by atoms with Gasteiger partial charge in [0.1, 0.15) is 9.84 Å². The molecule has 102 valence electrons. The smallest absolute Gasteiger partial charge is 0.150 e. The number of rotatable bonds is 5. The molecule has 4 unspecified atom stereocenters. The second-order valence-corrected chi connectivity index (χ2v) is 7.91. The van der Waals surface area contributed by atoms with Crippen LogP contribution in [0.15, 0.2) is 0 Å². The zero-order valence-corrected chi connectivity index (χ0v) is 12.4. The van der Waals surface area contributed by atoms with Crippen molar-refractivity contribution in [1.82, 2.24) is 5.32 Å². The molecule has 0 aliphatic heterocycles. The van der Waals surface area contributed by atoms with Gasteiger partial charge in [0.05, 0.1) is 5.25 Å². The molecular formula is C13H27NO2S. The molecular weight excluding hydrogens is 234 g/mol. The quantitative estimate of drug-likeness (QED) is 0.825. The topological polar surface area (TPSA) is 46.2 Å². The second-order valence-electron chi connectivity index (χ2n) is 5.58. The summed E-state index contributed by atoms with van der Waals surface area (Å²) < 4.78 is 23.3. The molecule has 0 aromatic rings. The van der Waals surface area contributed by atoms with Crippen LogP contribution >= 0.6 is 0 Å². The summed E-state index contributed by atoms with van der Waals surface area (Å²) in [7, 11) is -2.85. The van der Waals surface area contributed by atoms with Crippen LogP contribution in [0.25, 0.3) is 0 Å². The molecule has 1 saturated carbocycles. The molecule has 0 saturated heterocycles. The maximum absolute atomic E-state index is 11.6. The Balaban J connectivity index is 2.60. The average Bonchev–Trinajstić information content (AvgIpc) is 2.27. The Labute approximate surface area is 106 Å². The highest BCUT2D eigenvalue weighted by molar-refractivity contribution is 7.91. The fourth-order valence-corrected chi connectivity index (χ4v) is 4.16. The monoisotopic (exact) mass is 261 g/mol. The van der Waals surface area contributed by atoms with E-state index in [1.54, 1.807) is 0 Å². The Kier molecular flexibility index (Phi) is 5.45. The molecule has 1 N–H and O–H groups in total. The van der Waals surface area contributed by atoms with Crippen molar-refractivity contribution in [1.29, 1.82) is 0 Å². The Morgan fingerprint density at radius 1 is 1.29 bits per heavy atom. The summed E-state index contributed by atoms with van der Waals surface area (Å²) in [4.78, 5) is 0. The molecule has 1 rings (SSSR count). The maximum atomic E-state index is 11.6. The van der Waals surface area contributed by atoms with Gasteiger partial charge in [-0.25, -0.2) is 8.42 Å². The van der Waals surface area contributed by atoms with E-state index in [1.807, 2.05) is 0 Å². The summed E-state index contributed by atoms with van der Waals surface area (Å²) >= 11 is 0. The molecule has 0 radical (unpaired) electrons. The van der Waals surface area contributed by atoms with Crippen molar-refractivity contribution in [2.24, 2.45) is 11.8 Å². The molecule has 3 nitrogen and oxygen atoms in total. The Morgan fingerprint density at radius 2 is 1.94 bits per heavy atom.